The van der Waals surface area contributed by atoms with Crippen LogP contribution in [0.5, 0.6) is 0 Å². The van der Waals surface area contributed by atoms with Crippen LogP contribution >= 0.6 is 23.5 Å². The van der Waals surface area contributed by atoms with Gasteiger partial charge in [-0.1, -0.05) is 0 Å². The van der Waals surface area contributed by atoms with E-state index in [1.165, 1.54) is 24.3 Å². The zero-order chi connectivity index (χ0) is 10.5. The summed E-state index contributed by atoms with van der Waals surface area (Å²) in [5.74, 6) is 3.05. The number of hydrogen-bond donors (Lipinski definition) is 0. The van der Waals surface area contributed by atoms with Gasteiger partial charge in [0.2, 0.25) is 0 Å². The Morgan fingerprint density at radius 2 is 1.93 bits per heavy atom. The molecule has 2 saturated heterocycles. The monoisotopic (exact) mass is 246 g/mol. The van der Waals surface area contributed by atoms with Gasteiger partial charge in [0, 0.05) is 5.92 Å². The Labute approximate surface area is 99.8 Å². The molecule has 4 heteroatoms. The SMILES string of the molecule is CC1(C)OCC(C2CC23SCCCS3)O1. The highest BCUT2D eigenvalue weighted by Crippen LogP contribution is 2.66. The van der Waals surface area contributed by atoms with Gasteiger partial charge in [-0.25, -0.2) is 0 Å². The lowest BCUT2D eigenvalue weighted by Crippen LogP contribution is -2.24. The smallest absolute Gasteiger partial charge is 0.163 e. The van der Waals surface area contributed by atoms with Gasteiger partial charge in [0.25, 0.3) is 0 Å². The quantitative estimate of drug-likeness (QED) is 0.708. The molecular weight excluding hydrogens is 228 g/mol. The standard InChI is InChI=1S/C11H18O2S2/c1-10(2)12-7-9(13-10)8-6-11(8)14-4-3-5-15-11/h8-9H,3-7H2,1-2H3. The van der Waals surface area contributed by atoms with Crippen molar-refractivity contribution in [2.75, 3.05) is 18.1 Å². The van der Waals surface area contributed by atoms with Crippen LogP contribution in [0.4, 0.5) is 0 Å². The lowest BCUT2D eigenvalue weighted by molar-refractivity contribution is -0.140. The average molecular weight is 246 g/mol. The van der Waals surface area contributed by atoms with E-state index in [0.29, 0.717) is 10.2 Å². The molecule has 2 aliphatic heterocycles. The van der Waals surface area contributed by atoms with Crippen LogP contribution in [-0.4, -0.2) is 34.1 Å². The molecule has 2 heterocycles. The van der Waals surface area contributed by atoms with Gasteiger partial charge in [0.15, 0.2) is 5.79 Å². The largest absolute Gasteiger partial charge is 0.348 e. The first kappa shape index (κ1) is 10.8. The number of thioether (sulfide) groups is 2. The topological polar surface area (TPSA) is 18.5 Å². The zero-order valence-corrected chi connectivity index (χ0v) is 11.0. The van der Waals surface area contributed by atoms with Crippen LogP contribution in [0.3, 0.4) is 0 Å². The minimum absolute atomic E-state index is 0.345. The molecule has 0 N–H and O–H groups in total. The van der Waals surface area contributed by atoms with E-state index in [0.717, 1.165) is 12.5 Å². The summed E-state index contributed by atoms with van der Waals surface area (Å²) in [6, 6.07) is 0. The van der Waals surface area contributed by atoms with Crippen molar-refractivity contribution >= 4 is 23.5 Å². The second-order valence-electron chi connectivity index (χ2n) is 5.04. The summed E-state index contributed by atoms with van der Waals surface area (Å²) >= 11 is 4.31. The molecule has 2 nitrogen and oxygen atoms in total. The molecule has 15 heavy (non-hydrogen) atoms. The fourth-order valence-corrected chi connectivity index (χ4v) is 6.11. The highest BCUT2D eigenvalue weighted by Gasteiger charge is 2.61. The summed E-state index contributed by atoms with van der Waals surface area (Å²) in [7, 11) is 0. The molecule has 0 aromatic rings. The van der Waals surface area contributed by atoms with Crippen molar-refractivity contribution in [3.8, 4) is 0 Å². The van der Waals surface area contributed by atoms with Gasteiger partial charge >= 0.3 is 0 Å². The van der Waals surface area contributed by atoms with E-state index >= 15 is 0 Å². The summed E-state index contributed by atoms with van der Waals surface area (Å²) in [4.78, 5) is 0. The lowest BCUT2D eigenvalue weighted by atomic mass is 10.2. The molecule has 2 atom stereocenters. The summed E-state index contributed by atoms with van der Waals surface area (Å²) in [5, 5.41) is 0. The van der Waals surface area contributed by atoms with Gasteiger partial charge in [-0.2, -0.15) is 0 Å². The van der Waals surface area contributed by atoms with Crippen molar-refractivity contribution in [1.29, 1.82) is 0 Å². The maximum absolute atomic E-state index is 5.95. The van der Waals surface area contributed by atoms with Gasteiger partial charge in [-0.05, 0) is 38.2 Å². The first-order valence-corrected chi connectivity index (χ1v) is 7.68. The number of hydrogen-bond acceptors (Lipinski definition) is 4. The molecular formula is C11H18O2S2. The number of rotatable bonds is 1. The summed E-state index contributed by atoms with van der Waals surface area (Å²) < 4.78 is 12.1. The molecule has 0 radical (unpaired) electrons. The first-order valence-electron chi connectivity index (χ1n) is 5.71. The molecule has 0 bridgehead atoms. The van der Waals surface area contributed by atoms with Crippen molar-refractivity contribution < 1.29 is 9.47 Å². The van der Waals surface area contributed by atoms with Gasteiger partial charge in [0.05, 0.1) is 16.8 Å². The Balaban J connectivity index is 1.62. The third-order valence-electron chi connectivity index (χ3n) is 3.37. The Morgan fingerprint density at radius 3 is 2.53 bits per heavy atom. The Bertz CT molecular complexity index is 261. The van der Waals surface area contributed by atoms with Crippen molar-refractivity contribution in [2.24, 2.45) is 5.92 Å². The maximum Gasteiger partial charge on any atom is 0.163 e. The van der Waals surface area contributed by atoms with Gasteiger partial charge in [-0.3, -0.25) is 0 Å². The van der Waals surface area contributed by atoms with Crippen LogP contribution in [0, 0.1) is 5.92 Å². The third kappa shape index (κ3) is 1.94. The van der Waals surface area contributed by atoms with Gasteiger partial charge in [-0.15, -0.1) is 23.5 Å². The van der Waals surface area contributed by atoms with E-state index < -0.39 is 0 Å². The van der Waals surface area contributed by atoms with Crippen molar-refractivity contribution in [3.05, 3.63) is 0 Å². The summed E-state index contributed by atoms with van der Waals surface area (Å²) in [6.07, 6.45) is 3.04. The fraction of sp³-hybridized carbons (Fsp3) is 1.00. The van der Waals surface area contributed by atoms with Crippen molar-refractivity contribution in [1.82, 2.24) is 0 Å². The first-order chi connectivity index (χ1) is 7.11. The molecule has 3 aliphatic rings. The van der Waals surface area contributed by atoms with Crippen LogP contribution in [0.25, 0.3) is 0 Å². The van der Waals surface area contributed by atoms with Gasteiger partial charge < -0.3 is 9.47 Å². The van der Waals surface area contributed by atoms with E-state index in [2.05, 4.69) is 23.5 Å². The van der Waals surface area contributed by atoms with Crippen LogP contribution in [-0.2, 0) is 9.47 Å². The highest BCUT2D eigenvalue weighted by atomic mass is 32.2. The second-order valence-corrected chi connectivity index (χ2v) is 8.15. The molecule has 0 aromatic carbocycles. The molecule has 2 unspecified atom stereocenters. The minimum atomic E-state index is -0.349. The fourth-order valence-electron chi connectivity index (χ4n) is 2.50. The molecule has 86 valence electrons. The van der Waals surface area contributed by atoms with E-state index in [1.54, 1.807) is 0 Å². The Morgan fingerprint density at radius 1 is 1.20 bits per heavy atom. The summed E-state index contributed by atoms with van der Waals surface area (Å²) in [6.45, 7) is 4.83. The number of ether oxygens (including phenoxy) is 2. The molecule has 1 saturated carbocycles. The van der Waals surface area contributed by atoms with E-state index in [4.69, 9.17) is 9.47 Å². The predicted molar refractivity (Wildman–Crippen MR) is 65.3 cm³/mol. The molecule has 0 aromatic heterocycles. The van der Waals surface area contributed by atoms with Crippen LogP contribution < -0.4 is 0 Å². The minimum Gasteiger partial charge on any atom is -0.348 e. The highest BCUT2D eigenvalue weighted by molar-refractivity contribution is 8.19. The van der Waals surface area contributed by atoms with E-state index in [1.807, 2.05) is 13.8 Å². The van der Waals surface area contributed by atoms with E-state index in [9.17, 15) is 0 Å². The average Bonchev–Trinajstić information content (AvgIpc) is 2.75. The van der Waals surface area contributed by atoms with Crippen LogP contribution in [0.1, 0.15) is 26.7 Å². The molecule has 1 spiro atoms. The maximum atomic E-state index is 5.95. The Hall–Kier alpha value is 0.620. The van der Waals surface area contributed by atoms with Crippen LogP contribution in [0.2, 0.25) is 0 Å². The lowest BCUT2D eigenvalue weighted by Gasteiger charge is -2.24. The second kappa shape index (κ2) is 3.56. The summed E-state index contributed by atoms with van der Waals surface area (Å²) in [5.41, 5.74) is 0. The van der Waals surface area contributed by atoms with E-state index in [-0.39, 0.29) is 5.79 Å². The van der Waals surface area contributed by atoms with Crippen molar-refractivity contribution in [2.45, 2.75) is 42.7 Å². The third-order valence-corrected chi connectivity index (χ3v) is 6.98. The molecule has 1 aliphatic carbocycles. The van der Waals surface area contributed by atoms with Gasteiger partial charge in [0.1, 0.15) is 0 Å². The molecule has 3 rings (SSSR count). The Kier molecular flexibility index (Phi) is 2.55. The zero-order valence-electron chi connectivity index (χ0n) is 9.32. The normalized spacial score (nSPS) is 42.0. The van der Waals surface area contributed by atoms with Crippen LogP contribution in [0.15, 0.2) is 0 Å². The molecule has 3 fully saturated rings. The molecule has 0 amide bonds. The predicted octanol–water partition coefficient (Wildman–Crippen LogP) is 2.72. The van der Waals surface area contributed by atoms with Crippen molar-refractivity contribution in [3.63, 3.8) is 0 Å².